The Morgan fingerprint density at radius 1 is 1.00 bits per heavy atom. The third-order valence-electron chi connectivity index (χ3n) is 1.89. The largest absolute Gasteiger partial charge is 0.479 e. The number of aromatic hydroxyl groups is 2. The van der Waals surface area contributed by atoms with Crippen LogP contribution in [0.1, 0.15) is 0 Å². The molecule has 1 aromatic heterocycles. The van der Waals surface area contributed by atoms with Gasteiger partial charge in [-0.1, -0.05) is 0 Å². The van der Waals surface area contributed by atoms with E-state index in [-0.39, 0.29) is 5.95 Å². The van der Waals surface area contributed by atoms with Crippen molar-refractivity contribution in [2.75, 3.05) is 31.2 Å². The van der Waals surface area contributed by atoms with Crippen molar-refractivity contribution in [3.8, 4) is 12.0 Å². The van der Waals surface area contributed by atoms with Crippen LogP contribution in [0.4, 0.5) is 5.95 Å². The van der Waals surface area contributed by atoms with Gasteiger partial charge in [-0.3, -0.25) is 0 Å². The SMILES string of the molecule is Oc1nc(O)nc(N2CCOCC2)n1. The zero-order valence-electron chi connectivity index (χ0n) is 7.42. The van der Waals surface area contributed by atoms with Crippen molar-refractivity contribution >= 4 is 5.95 Å². The lowest BCUT2D eigenvalue weighted by Gasteiger charge is -2.26. The summed E-state index contributed by atoms with van der Waals surface area (Å²) < 4.78 is 5.14. The Morgan fingerprint density at radius 2 is 1.57 bits per heavy atom. The van der Waals surface area contributed by atoms with Crippen molar-refractivity contribution < 1.29 is 14.9 Å². The number of ether oxygens (including phenoxy) is 1. The van der Waals surface area contributed by atoms with E-state index in [0.29, 0.717) is 26.3 Å². The van der Waals surface area contributed by atoms with Crippen LogP contribution in [-0.2, 0) is 4.74 Å². The van der Waals surface area contributed by atoms with E-state index in [1.54, 1.807) is 0 Å². The molecule has 1 aliphatic heterocycles. The van der Waals surface area contributed by atoms with Crippen LogP contribution in [0.25, 0.3) is 0 Å². The summed E-state index contributed by atoms with van der Waals surface area (Å²) in [4.78, 5) is 12.5. The van der Waals surface area contributed by atoms with E-state index in [2.05, 4.69) is 15.0 Å². The molecular formula is C7H10N4O3. The summed E-state index contributed by atoms with van der Waals surface area (Å²) in [5.41, 5.74) is 0. The average molecular weight is 198 g/mol. The molecular weight excluding hydrogens is 188 g/mol. The summed E-state index contributed by atoms with van der Waals surface area (Å²) in [5, 5.41) is 18.1. The summed E-state index contributed by atoms with van der Waals surface area (Å²) in [6.45, 7) is 2.46. The Labute approximate surface area is 80.0 Å². The van der Waals surface area contributed by atoms with Crippen molar-refractivity contribution in [3.63, 3.8) is 0 Å². The Kier molecular flexibility index (Phi) is 2.32. The molecule has 2 heterocycles. The van der Waals surface area contributed by atoms with Gasteiger partial charge in [-0.25, -0.2) is 0 Å². The fourth-order valence-electron chi connectivity index (χ4n) is 1.25. The van der Waals surface area contributed by atoms with Crippen LogP contribution in [0.5, 0.6) is 12.0 Å². The highest BCUT2D eigenvalue weighted by Gasteiger charge is 2.15. The molecule has 1 saturated heterocycles. The number of morpholine rings is 1. The first kappa shape index (κ1) is 8.95. The van der Waals surface area contributed by atoms with Crippen molar-refractivity contribution in [2.24, 2.45) is 0 Å². The molecule has 76 valence electrons. The lowest BCUT2D eigenvalue weighted by molar-refractivity contribution is 0.121. The van der Waals surface area contributed by atoms with Gasteiger partial charge in [-0.05, 0) is 0 Å². The highest BCUT2D eigenvalue weighted by atomic mass is 16.5. The molecule has 0 atom stereocenters. The van der Waals surface area contributed by atoms with E-state index in [0.717, 1.165) is 0 Å². The summed E-state index contributed by atoms with van der Waals surface area (Å²) in [7, 11) is 0. The molecule has 0 spiro atoms. The maximum atomic E-state index is 9.04. The predicted molar refractivity (Wildman–Crippen MR) is 46.2 cm³/mol. The molecule has 1 fully saturated rings. The number of hydrogen-bond donors (Lipinski definition) is 2. The summed E-state index contributed by atoms with van der Waals surface area (Å²) >= 11 is 0. The molecule has 0 saturated carbocycles. The minimum atomic E-state index is -0.473. The lowest BCUT2D eigenvalue weighted by Crippen LogP contribution is -2.37. The average Bonchev–Trinajstić information content (AvgIpc) is 2.18. The molecule has 0 amide bonds. The van der Waals surface area contributed by atoms with Crippen LogP contribution >= 0.6 is 0 Å². The Balaban J connectivity index is 2.21. The quantitative estimate of drug-likeness (QED) is 0.605. The first-order valence-corrected chi connectivity index (χ1v) is 4.22. The molecule has 1 aromatic rings. The van der Waals surface area contributed by atoms with Gasteiger partial charge in [-0.2, -0.15) is 9.97 Å². The number of hydrogen-bond acceptors (Lipinski definition) is 7. The van der Waals surface area contributed by atoms with Crippen LogP contribution in [0.2, 0.25) is 0 Å². The van der Waals surface area contributed by atoms with E-state index < -0.39 is 12.0 Å². The van der Waals surface area contributed by atoms with E-state index in [4.69, 9.17) is 14.9 Å². The van der Waals surface area contributed by atoms with Crippen LogP contribution in [-0.4, -0.2) is 51.5 Å². The molecule has 2 rings (SSSR count). The van der Waals surface area contributed by atoms with Gasteiger partial charge in [-0.15, -0.1) is 4.98 Å². The van der Waals surface area contributed by atoms with E-state index in [1.807, 2.05) is 4.90 Å². The topological polar surface area (TPSA) is 91.6 Å². The molecule has 7 nitrogen and oxygen atoms in total. The summed E-state index contributed by atoms with van der Waals surface area (Å²) in [6, 6.07) is -0.946. The molecule has 2 N–H and O–H groups in total. The summed E-state index contributed by atoms with van der Waals surface area (Å²) in [5.74, 6) is 0.276. The standard InChI is InChI=1S/C7H10N4O3/c12-6-8-5(9-7(13)10-6)11-1-3-14-4-2-11/h1-4H2,(H2,8,9,10,12,13). The number of aromatic nitrogens is 3. The molecule has 0 bridgehead atoms. The zero-order valence-corrected chi connectivity index (χ0v) is 7.42. The van der Waals surface area contributed by atoms with Crippen LogP contribution in [0.15, 0.2) is 0 Å². The van der Waals surface area contributed by atoms with Crippen LogP contribution in [0.3, 0.4) is 0 Å². The molecule has 0 aliphatic carbocycles. The second-order valence-corrected chi connectivity index (χ2v) is 2.83. The Hall–Kier alpha value is -1.63. The molecule has 0 unspecified atom stereocenters. The Morgan fingerprint density at radius 3 is 2.14 bits per heavy atom. The van der Waals surface area contributed by atoms with Gasteiger partial charge in [0.05, 0.1) is 13.2 Å². The van der Waals surface area contributed by atoms with Gasteiger partial charge in [0.1, 0.15) is 0 Å². The highest BCUT2D eigenvalue weighted by Crippen LogP contribution is 2.15. The third-order valence-corrected chi connectivity index (χ3v) is 1.89. The van der Waals surface area contributed by atoms with E-state index in [9.17, 15) is 0 Å². The molecule has 0 aromatic carbocycles. The number of anilines is 1. The van der Waals surface area contributed by atoms with Gasteiger partial charge in [0.15, 0.2) is 0 Å². The maximum absolute atomic E-state index is 9.04. The molecule has 14 heavy (non-hydrogen) atoms. The van der Waals surface area contributed by atoms with E-state index >= 15 is 0 Å². The van der Waals surface area contributed by atoms with Crippen molar-refractivity contribution in [2.45, 2.75) is 0 Å². The first-order valence-electron chi connectivity index (χ1n) is 4.22. The minimum Gasteiger partial charge on any atom is -0.479 e. The monoisotopic (exact) mass is 198 g/mol. The predicted octanol–water partition coefficient (Wildman–Crippen LogP) is -0.881. The zero-order chi connectivity index (χ0) is 9.97. The smallest absolute Gasteiger partial charge is 0.321 e. The fraction of sp³-hybridized carbons (Fsp3) is 0.571. The Bertz CT molecular complexity index is 306. The van der Waals surface area contributed by atoms with Gasteiger partial charge in [0, 0.05) is 13.1 Å². The summed E-state index contributed by atoms with van der Waals surface area (Å²) in [6.07, 6.45) is 0. The lowest BCUT2D eigenvalue weighted by atomic mass is 10.4. The third kappa shape index (κ3) is 1.82. The molecule has 7 heteroatoms. The van der Waals surface area contributed by atoms with E-state index in [1.165, 1.54) is 0 Å². The first-order chi connectivity index (χ1) is 6.75. The fourth-order valence-corrected chi connectivity index (χ4v) is 1.25. The maximum Gasteiger partial charge on any atom is 0.321 e. The van der Waals surface area contributed by atoms with Gasteiger partial charge in [0.2, 0.25) is 5.95 Å². The van der Waals surface area contributed by atoms with Crippen molar-refractivity contribution in [1.82, 2.24) is 15.0 Å². The van der Waals surface area contributed by atoms with Gasteiger partial charge in [0.25, 0.3) is 0 Å². The molecule has 0 radical (unpaired) electrons. The molecule has 1 aliphatic rings. The number of nitrogens with zero attached hydrogens (tertiary/aromatic N) is 4. The van der Waals surface area contributed by atoms with Crippen molar-refractivity contribution in [3.05, 3.63) is 0 Å². The van der Waals surface area contributed by atoms with Crippen LogP contribution in [0, 0.1) is 0 Å². The highest BCUT2D eigenvalue weighted by molar-refractivity contribution is 5.31. The minimum absolute atomic E-state index is 0.276. The normalized spacial score (nSPS) is 17.0. The van der Waals surface area contributed by atoms with Crippen molar-refractivity contribution in [1.29, 1.82) is 0 Å². The second-order valence-electron chi connectivity index (χ2n) is 2.83. The second kappa shape index (κ2) is 3.62. The van der Waals surface area contributed by atoms with Gasteiger partial charge < -0.3 is 19.8 Å². The van der Waals surface area contributed by atoms with Gasteiger partial charge >= 0.3 is 12.0 Å². The van der Waals surface area contributed by atoms with Crippen LogP contribution < -0.4 is 4.90 Å². The number of rotatable bonds is 1.